The number of rotatable bonds is 3. The third kappa shape index (κ3) is 3.15. The van der Waals surface area contributed by atoms with Crippen LogP contribution in [0.3, 0.4) is 0 Å². The molecule has 0 spiro atoms. The molecule has 0 radical (unpaired) electrons. The fourth-order valence-electron chi connectivity index (χ4n) is 2.33. The minimum atomic E-state index is -1.31. The van der Waals surface area contributed by atoms with E-state index < -0.39 is 33.7 Å². The molecule has 114 valence electrons. The Kier molecular flexibility index (Phi) is 4.46. The first-order valence-electron chi connectivity index (χ1n) is 6.47. The molecule has 0 saturated carbocycles. The first-order chi connectivity index (χ1) is 9.93. The molecule has 0 unspecified atom stereocenters. The molecule has 1 aromatic carbocycles. The van der Waals surface area contributed by atoms with Crippen molar-refractivity contribution in [2.45, 2.75) is 12.8 Å². The number of halogens is 2. The second-order valence-corrected chi connectivity index (χ2v) is 4.96. The minimum Gasteiger partial charge on any atom is -0.396 e. The molecule has 1 amide bonds. The molecule has 1 N–H and O–H groups in total. The molecule has 0 aromatic heterocycles. The van der Waals surface area contributed by atoms with E-state index >= 15 is 0 Å². The summed E-state index contributed by atoms with van der Waals surface area (Å²) in [6.45, 7) is 0.682. The maximum Gasteiger partial charge on any atom is 0.305 e. The van der Waals surface area contributed by atoms with Gasteiger partial charge in [0.05, 0.1) is 10.5 Å². The van der Waals surface area contributed by atoms with Crippen molar-refractivity contribution in [3.05, 3.63) is 39.4 Å². The van der Waals surface area contributed by atoms with Crippen molar-refractivity contribution in [1.82, 2.24) is 4.90 Å². The van der Waals surface area contributed by atoms with Gasteiger partial charge in [0.1, 0.15) is 5.82 Å². The second-order valence-electron chi connectivity index (χ2n) is 4.96. The summed E-state index contributed by atoms with van der Waals surface area (Å²) in [7, 11) is 0. The molecule has 1 heterocycles. The van der Waals surface area contributed by atoms with Crippen molar-refractivity contribution in [1.29, 1.82) is 0 Å². The highest BCUT2D eigenvalue weighted by Crippen LogP contribution is 2.24. The number of piperidine rings is 1. The standard InChI is InChI=1S/C13H14F2N2O4/c14-10-6-11(15)12(17(20)21)5-9(10)13(19)16-3-1-8(7-18)2-4-16/h5-6,8,18H,1-4,7H2. The Morgan fingerprint density at radius 1 is 1.33 bits per heavy atom. The molecule has 1 aliphatic rings. The number of benzene rings is 1. The Morgan fingerprint density at radius 3 is 2.48 bits per heavy atom. The Labute approximate surface area is 119 Å². The molecule has 1 aromatic rings. The zero-order chi connectivity index (χ0) is 15.6. The molecule has 2 rings (SSSR count). The number of nitrogens with zero attached hydrogens (tertiary/aromatic N) is 2. The van der Waals surface area contributed by atoms with Crippen LogP contribution in [0, 0.1) is 27.7 Å². The summed E-state index contributed by atoms with van der Waals surface area (Å²) in [5.74, 6) is -3.03. The largest absolute Gasteiger partial charge is 0.396 e. The van der Waals surface area contributed by atoms with Crippen molar-refractivity contribution < 1.29 is 23.6 Å². The Morgan fingerprint density at radius 2 is 1.95 bits per heavy atom. The first-order valence-corrected chi connectivity index (χ1v) is 6.47. The van der Waals surface area contributed by atoms with Gasteiger partial charge >= 0.3 is 5.69 Å². The quantitative estimate of drug-likeness (QED) is 0.680. The lowest BCUT2D eigenvalue weighted by molar-refractivity contribution is -0.387. The van der Waals surface area contributed by atoms with Crippen LogP contribution in [0.4, 0.5) is 14.5 Å². The van der Waals surface area contributed by atoms with Gasteiger partial charge in [0.15, 0.2) is 0 Å². The van der Waals surface area contributed by atoms with Crippen LogP contribution in [0.2, 0.25) is 0 Å². The molecule has 1 saturated heterocycles. The number of hydrogen-bond acceptors (Lipinski definition) is 4. The normalized spacial score (nSPS) is 16.0. The summed E-state index contributed by atoms with van der Waals surface area (Å²) < 4.78 is 26.9. The number of likely N-dealkylation sites (tertiary alicyclic amines) is 1. The number of carbonyl (C=O) groups is 1. The lowest BCUT2D eigenvalue weighted by Crippen LogP contribution is -2.39. The van der Waals surface area contributed by atoms with Gasteiger partial charge in [0.2, 0.25) is 5.82 Å². The number of carbonyl (C=O) groups excluding carboxylic acids is 1. The molecular weight excluding hydrogens is 286 g/mol. The van der Waals surface area contributed by atoms with Gasteiger partial charge in [0.25, 0.3) is 5.91 Å². The van der Waals surface area contributed by atoms with Crippen molar-refractivity contribution in [3.8, 4) is 0 Å². The van der Waals surface area contributed by atoms with Gasteiger partial charge in [0, 0.05) is 31.8 Å². The van der Waals surface area contributed by atoms with Crippen LogP contribution in [0.1, 0.15) is 23.2 Å². The molecule has 0 aliphatic carbocycles. The number of amides is 1. The summed E-state index contributed by atoms with van der Waals surface area (Å²) in [6.07, 6.45) is 1.15. The Balaban J connectivity index is 2.23. The molecular formula is C13H14F2N2O4. The van der Waals surface area contributed by atoms with Crippen LogP contribution in [0.15, 0.2) is 12.1 Å². The van der Waals surface area contributed by atoms with E-state index in [4.69, 9.17) is 5.11 Å². The molecule has 0 bridgehead atoms. The van der Waals surface area contributed by atoms with Gasteiger partial charge in [-0.3, -0.25) is 14.9 Å². The fourth-order valence-corrected chi connectivity index (χ4v) is 2.33. The van der Waals surface area contributed by atoms with Crippen LogP contribution >= 0.6 is 0 Å². The van der Waals surface area contributed by atoms with Gasteiger partial charge in [-0.05, 0) is 18.8 Å². The Hall–Kier alpha value is -2.09. The van der Waals surface area contributed by atoms with E-state index in [9.17, 15) is 23.7 Å². The molecule has 8 heteroatoms. The van der Waals surface area contributed by atoms with Crippen LogP contribution < -0.4 is 0 Å². The third-order valence-electron chi connectivity index (χ3n) is 3.62. The van der Waals surface area contributed by atoms with Crippen LogP contribution in [-0.4, -0.2) is 40.5 Å². The topological polar surface area (TPSA) is 83.7 Å². The molecule has 21 heavy (non-hydrogen) atoms. The van der Waals surface area contributed by atoms with Gasteiger partial charge in [-0.15, -0.1) is 0 Å². The highest BCUT2D eigenvalue weighted by atomic mass is 19.1. The highest BCUT2D eigenvalue weighted by Gasteiger charge is 2.28. The van der Waals surface area contributed by atoms with E-state index in [-0.39, 0.29) is 12.5 Å². The van der Waals surface area contributed by atoms with E-state index in [0.29, 0.717) is 38.1 Å². The zero-order valence-corrected chi connectivity index (χ0v) is 11.1. The van der Waals surface area contributed by atoms with E-state index in [0.717, 1.165) is 0 Å². The minimum absolute atomic E-state index is 0.0262. The average Bonchev–Trinajstić information content (AvgIpc) is 2.46. The van der Waals surface area contributed by atoms with Crippen molar-refractivity contribution in [2.24, 2.45) is 5.92 Å². The molecule has 1 fully saturated rings. The van der Waals surface area contributed by atoms with Gasteiger partial charge in [-0.25, -0.2) is 4.39 Å². The van der Waals surface area contributed by atoms with Gasteiger partial charge in [-0.2, -0.15) is 4.39 Å². The predicted octanol–water partition coefficient (Wildman–Crippen LogP) is 1.72. The number of nitro benzene ring substituents is 1. The van der Waals surface area contributed by atoms with Crippen LogP contribution in [-0.2, 0) is 0 Å². The monoisotopic (exact) mass is 300 g/mol. The predicted molar refractivity (Wildman–Crippen MR) is 68.7 cm³/mol. The van der Waals surface area contributed by atoms with E-state index in [1.165, 1.54) is 4.90 Å². The summed E-state index contributed by atoms with van der Waals surface area (Å²) in [5.41, 5.74) is -1.43. The van der Waals surface area contributed by atoms with Crippen LogP contribution in [0.5, 0.6) is 0 Å². The smallest absolute Gasteiger partial charge is 0.305 e. The van der Waals surface area contributed by atoms with E-state index in [2.05, 4.69) is 0 Å². The summed E-state index contributed by atoms with van der Waals surface area (Å²) in [6, 6.07) is 0.983. The molecule has 1 aliphatic heterocycles. The molecule has 0 atom stereocenters. The lowest BCUT2D eigenvalue weighted by Gasteiger charge is -2.31. The van der Waals surface area contributed by atoms with Crippen molar-refractivity contribution in [2.75, 3.05) is 19.7 Å². The summed E-state index contributed by atoms with van der Waals surface area (Å²) >= 11 is 0. The maximum absolute atomic E-state index is 13.7. The number of aliphatic hydroxyl groups is 1. The summed E-state index contributed by atoms with van der Waals surface area (Å²) in [4.78, 5) is 23.2. The fraction of sp³-hybridized carbons (Fsp3) is 0.462. The highest BCUT2D eigenvalue weighted by molar-refractivity contribution is 5.95. The average molecular weight is 300 g/mol. The van der Waals surface area contributed by atoms with Gasteiger partial charge in [-0.1, -0.05) is 0 Å². The van der Waals surface area contributed by atoms with Crippen molar-refractivity contribution in [3.63, 3.8) is 0 Å². The van der Waals surface area contributed by atoms with Crippen LogP contribution in [0.25, 0.3) is 0 Å². The number of hydrogen-bond donors (Lipinski definition) is 1. The maximum atomic E-state index is 13.7. The SMILES string of the molecule is O=C(c1cc([N+](=O)[O-])c(F)cc1F)N1CCC(CO)CC1. The second kappa shape index (κ2) is 6.13. The zero-order valence-electron chi connectivity index (χ0n) is 11.1. The van der Waals surface area contributed by atoms with Crippen molar-refractivity contribution >= 4 is 11.6 Å². The first kappa shape index (κ1) is 15.3. The molecule has 6 nitrogen and oxygen atoms in total. The van der Waals surface area contributed by atoms with E-state index in [1.54, 1.807) is 0 Å². The Bertz CT molecular complexity index is 572. The number of nitro groups is 1. The summed E-state index contributed by atoms with van der Waals surface area (Å²) in [5, 5.41) is 19.7. The lowest BCUT2D eigenvalue weighted by atomic mass is 9.97. The van der Waals surface area contributed by atoms with Gasteiger partial charge < -0.3 is 10.0 Å². The number of aliphatic hydroxyl groups excluding tert-OH is 1. The third-order valence-corrected chi connectivity index (χ3v) is 3.62. The van der Waals surface area contributed by atoms with E-state index in [1.807, 2.05) is 0 Å².